The second kappa shape index (κ2) is 6.93. The Bertz CT molecular complexity index is 410. The van der Waals surface area contributed by atoms with Gasteiger partial charge in [0.05, 0.1) is 19.8 Å². The largest absolute Gasteiger partial charge is 0.394 e. The molecule has 0 bridgehead atoms. The molecule has 1 N–H and O–H groups in total. The van der Waals surface area contributed by atoms with Gasteiger partial charge in [-0.25, -0.2) is 8.78 Å². The van der Waals surface area contributed by atoms with Gasteiger partial charge in [0.25, 0.3) is 0 Å². The van der Waals surface area contributed by atoms with Crippen LogP contribution in [0.4, 0.5) is 8.78 Å². The van der Waals surface area contributed by atoms with Crippen LogP contribution in [0.15, 0.2) is 18.2 Å². The predicted molar refractivity (Wildman–Crippen MR) is 67.7 cm³/mol. The summed E-state index contributed by atoms with van der Waals surface area (Å²) < 4.78 is 31.7. The van der Waals surface area contributed by atoms with Crippen LogP contribution in [-0.2, 0) is 11.3 Å². The maximum Gasteiger partial charge on any atom is 0.130 e. The van der Waals surface area contributed by atoms with E-state index < -0.39 is 11.6 Å². The highest BCUT2D eigenvalue weighted by atomic mass is 19.1. The Labute approximate surface area is 111 Å². The van der Waals surface area contributed by atoms with Crippen LogP contribution in [-0.4, -0.2) is 42.4 Å². The number of hydrogen-bond acceptors (Lipinski definition) is 3. The van der Waals surface area contributed by atoms with Crippen molar-refractivity contribution in [1.82, 2.24) is 4.90 Å². The molecule has 5 heteroatoms. The van der Waals surface area contributed by atoms with Crippen LogP contribution in [0.3, 0.4) is 0 Å². The summed E-state index contributed by atoms with van der Waals surface area (Å²) in [5, 5.41) is 8.63. The van der Waals surface area contributed by atoms with E-state index in [1.807, 2.05) is 0 Å². The Hall–Kier alpha value is -1.04. The molecule has 106 valence electrons. The van der Waals surface area contributed by atoms with Crippen LogP contribution < -0.4 is 0 Å². The first-order valence-electron chi connectivity index (χ1n) is 6.57. The van der Waals surface area contributed by atoms with E-state index in [0.717, 1.165) is 18.9 Å². The standard InChI is InChI=1S/C14H19F2NO2/c15-12-2-1-11(14(16)9-12)10-17(13-3-4-13)5-7-19-8-6-18/h1-2,9,13,18H,3-8,10H2. The smallest absolute Gasteiger partial charge is 0.130 e. The number of aliphatic hydroxyl groups is 1. The van der Waals surface area contributed by atoms with Crippen LogP contribution in [0.25, 0.3) is 0 Å². The minimum atomic E-state index is -0.550. The molecule has 0 heterocycles. The Kier molecular flexibility index (Phi) is 5.24. The summed E-state index contributed by atoms with van der Waals surface area (Å²) in [6.45, 7) is 2.01. The zero-order valence-corrected chi connectivity index (χ0v) is 10.8. The summed E-state index contributed by atoms with van der Waals surface area (Å²) in [4.78, 5) is 2.15. The fourth-order valence-electron chi connectivity index (χ4n) is 2.05. The molecule has 2 rings (SSSR count). The highest BCUT2D eigenvalue weighted by Gasteiger charge is 2.29. The highest BCUT2D eigenvalue weighted by molar-refractivity contribution is 5.18. The molecule has 19 heavy (non-hydrogen) atoms. The Morgan fingerprint density at radius 3 is 2.68 bits per heavy atom. The topological polar surface area (TPSA) is 32.7 Å². The summed E-state index contributed by atoms with van der Waals surface area (Å²) in [5.41, 5.74) is 0.510. The molecule has 0 radical (unpaired) electrons. The number of hydrogen-bond donors (Lipinski definition) is 1. The second-order valence-corrected chi connectivity index (χ2v) is 4.77. The average molecular weight is 271 g/mol. The van der Waals surface area contributed by atoms with Crippen LogP contribution in [0.2, 0.25) is 0 Å². The van der Waals surface area contributed by atoms with Gasteiger partial charge in [-0.05, 0) is 18.9 Å². The van der Waals surface area contributed by atoms with Gasteiger partial charge in [-0.3, -0.25) is 4.90 Å². The maximum atomic E-state index is 13.6. The van der Waals surface area contributed by atoms with Crippen molar-refractivity contribution in [2.45, 2.75) is 25.4 Å². The van der Waals surface area contributed by atoms with Crippen LogP contribution in [0.1, 0.15) is 18.4 Å². The zero-order valence-electron chi connectivity index (χ0n) is 10.8. The van der Waals surface area contributed by atoms with E-state index in [9.17, 15) is 8.78 Å². The molecule has 1 aliphatic carbocycles. The fraction of sp³-hybridized carbons (Fsp3) is 0.571. The van der Waals surface area contributed by atoms with Crippen LogP contribution in [0.5, 0.6) is 0 Å². The first-order valence-corrected chi connectivity index (χ1v) is 6.57. The minimum absolute atomic E-state index is 0.00994. The van der Waals surface area contributed by atoms with E-state index in [-0.39, 0.29) is 6.61 Å². The number of aliphatic hydroxyl groups excluding tert-OH is 1. The van der Waals surface area contributed by atoms with Crippen molar-refractivity contribution in [3.8, 4) is 0 Å². The average Bonchev–Trinajstić information content (AvgIpc) is 3.20. The summed E-state index contributed by atoms with van der Waals surface area (Å²) in [6, 6.07) is 4.17. The normalized spacial score (nSPS) is 15.2. The van der Waals surface area contributed by atoms with Crippen molar-refractivity contribution in [1.29, 1.82) is 0 Å². The van der Waals surface area contributed by atoms with Gasteiger partial charge in [-0.15, -0.1) is 0 Å². The molecule has 0 amide bonds. The predicted octanol–water partition coefficient (Wildman–Crippen LogP) is 1.94. The van der Waals surface area contributed by atoms with Crippen molar-refractivity contribution in [3.63, 3.8) is 0 Å². The molecule has 1 aromatic rings. The lowest BCUT2D eigenvalue weighted by molar-refractivity contribution is 0.0699. The number of halogens is 2. The van der Waals surface area contributed by atoms with Crippen molar-refractivity contribution >= 4 is 0 Å². The van der Waals surface area contributed by atoms with E-state index in [2.05, 4.69) is 4.90 Å². The minimum Gasteiger partial charge on any atom is -0.394 e. The van der Waals surface area contributed by atoms with Crippen molar-refractivity contribution in [2.75, 3.05) is 26.4 Å². The molecule has 0 aromatic heterocycles. The molecule has 0 spiro atoms. The van der Waals surface area contributed by atoms with Crippen molar-refractivity contribution in [3.05, 3.63) is 35.4 Å². The number of nitrogens with zero attached hydrogens (tertiary/aromatic N) is 1. The van der Waals surface area contributed by atoms with E-state index in [1.165, 1.54) is 12.1 Å². The van der Waals surface area contributed by atoms with Gasteiger partial charge in [0.15, 0.2) is 0 Å². The molecule has 1 aromatic carbocycles. The summed E-state index contributed by atoms with van der Waals surface area (Å²) in [5.74, 6) is -1.05. The third-order valence-corrected chi connectivity index (χ3v) is 3.21. The zero-order chi connectivity index (χ0) is 13.7. The molecule has 3 nitrogen and oxygen atoms in total. The van der Waals surface area contributed by atoms with E-state index in [4.69, 9.17) is 9.84 Å². The lowest BCUT2D eigenvalue weighted by Gasteiger charge is -2.22. The maximum absolute atomic E-state index is 13.6. The fourth-order valence-corrected chi connectivity index (χ4v) is 2.05. The van der Waals surface area contributed by atoms with Crippen molar-refractivity contribution in [2.24, 2.45) is 0 Å². The molecular weight excluding hydrogens is 252 g/mol. The van der Waals surface area contributed by atoms with E-state index >= 15 is 0 Å². The van der Waals surface area contributed by atoms with Crippen LogP contribution in [0, 0.1) is 11.6 Å². The lowest BCUT2D eigenvalue weighted by Crippen LogP contribution is -2.30. The quantitative estimate of drug-likeness (QED) is 0.733. The van der Waals surface area contributed by atoms with Gasteiger partial charge in [-0.1, -0.05) is 6.07 Å². The molecule has 1 aliphatic rings. The number of ether oxygens (including phenoxy) is 1. The Balaban J connectivity index is 1.89. The molecule has 0 atom stereocenters. The molecule has 0 unspecified atom stereocenters. The molecular formula is C14H19F2NO2. The third kappa shape index (κ3) is 4.53. The Morgan fingerprint density at radius 2 is 2.05 bits per heavy atom. The number of rotatable bonds is 8. The van der Waals surface area contributed by atoms with Gasteiger partial charge in [-0.2, -0.15) is 0 Å². The Morgan fingerprint density at radius 1 is 1.26 bits per heavy atom. The lowest BCUT2D eigenvalue weighted by atomic mass is 10.2. The first kappa shape index (κ1) is 14.4. The third-order valence-electron chi connectivity index (χ3n) is 3.21. The molecule has 1 fully saturated rings. The summed E-state index contributed by atoms with van der Waals surface area (Å²) in [6.07, 6.45) is 2.23. The molecule has 0 saturated heterocycles. The second-order valence-electron chi connectivity index (χ2n) is 4.77. The summed E-state index contributed by atoms with van der Waals surface area (Å²) >= 11 is 0. The SMILES string of the molecule is OCCOCCN(Cc1ccc(F)cc1F)C1CC1. The molecule has 1 saturated carbocycles. The first-order chi connectivity index (χ1) is 9.20. The monoisotopic (exact) mass is 271 g/mol. The van der Waals surface area contributed by atoms with Gasteiger partial charge in [0.1, 0.15) is 11.6 Å². The highest BCUT2D eigenvalue weighted by Crippen LogP contribution is 2.28. The van der Waals surface area contributed by atoms with Gasteiger partial charge < -0.3 is 9.84 Å². The van der Waals surface area contributed by atoms with Crippen molar-refractivity contribution < 1.29 is 18.6 Å². The van der Waals surface area contributed by atoms with Gasteiger partial charge >= 0.3 is 0 Å². The summed E-state index contributed by atoms with van der Waals surface area (Å²) in [7, 11) is 0. The van der Waals surface area contributed by atoms with Gasteiger partial charge in [0, 0.05) is 30.8 Å². The number of benzene rings is 1. The van der Waals surface area contributed by atoms with E-state index in [0.29, 0.717) is 37.9 Å². The van der Waals surface area contributed by atoms with Gasteiger partial charge in [0.2, 0.25) is 0 Å². The molecule has 0 aliphatic heterocycles. The van der Waals surface area contributed by atoms with Crippen LogP contribution >= 0.6 is 0 Å². The van der Waals surface area contributed by atoms with E-state index in [1.54, 1.807) is 0 Å².